The predicted molar refractivity (Wildman–Crippen MR) is 45.0 cm³/mol. The Labute approximate surface area is 71.8 Å². The lowest BCUT2D eigenvalue weighted by Crippen LogP contribution is -1.81. The molecule has 1 aromatic heterocycles. The minimum atomic E-state index is -0.329. The molecule has 60 valence electrons. The van der Waals surface area contributed by atoms with E-state index in [1.807, 2.05) is 0 Å². The predicted octanol–water partition coefficient (Wildman–Crippen LogP) is 2.25. The number of hydrogen-bond donors (Lipinski definition) is 0. The molecular weight excluding hydrogens is 177 g/mol. The second-order valence-electron chi connectivity index (χ2n) is 2.32. The first-order valence-corrected chi connectivity index (χ1v) is 4.08. The van der Waals surface area contributed by atoms with Crippen LogP contribution in [0.25, 0.3) is 10.1 Å². The molecule has 0 fully saturated rings. The van der Waals surface area contributed by atoms with Gasteiger partial charge in [0, 0.05) is 10.9 Å². The van der Waals surface area contributed by atoms with E-state index in [0.717, 1.165) is 11.5 Å². The topological polar surface area (TPSA) is 30.0 Å². The molecule has 0 aliphatic heterocycles. The Morgan fingerprint density at radius 1 is 1.50 bits per heavy atom. The van der Waals surface area contributed by atoms with Crippen molar-refractivity contribution >= 4 is 27.9 Å². The summed E-state index contributed by atoms with van der Waals surface area (Å²) in [5, 5.41) is 0.421. The van der Waals surface area contributed by atoms with Gasteiger partial charge in [0.25, 0.3) is 0 Å². The Morgan fingerprint density at radius 3 is 3.08 bits per heavy atom. The van der Waals surface area contributed by atoms with Gasteiger partial charge in [-0.2, -0.15) is 4.37 Å². The van der Waals surface area contributed by atoms with Crippen LogP contribution in [0.15, 0.2) is 18.3 Å². The molecule has 0 spiro atoms. The van der Waals surface area contributed by atoms with Gasteiger partial charge < -0.3 is 0 Å². The fourth-order valence-corrected chi connectivity index (χ4v) is 1.77. The molecule has 0 aliphatic carbocycles. The number of hydrogen-bond acceptors (Lipinski definition) is 3. The maximum absolute atomic E-state index is 13.0. The van der Waals surface area contributed by atoms with Crippen LogP contribution in [0.3, 0.4) is 0 Å². The highest BCUT2D eigenvalue weighted by Crippen LogP contribution is 2.23. The molecule has 4 heteroatoms. The number of nitrogens with zero attached hydrogens (tertiary/aromatic N) is 1. The van der Waals surface area contributed by atoms with Gasteiger partial charge in [0.15, 0.2) is 6.29 Å². The van der Waals surface area contributed by atoms with Crippen LogP contribution in [0.1, 0.15) is 10.4 Å². The third-order valence-electron chi connectivity index (χ3n) is 1.63. The van der Waals surface area contributed by atoms with Gasteiger partial charge in [-0.1, -0.05) is 0 Å². The van der Waals surface area contributed by atoms with Gasteiger partial charge in [-0.15, -0.1) is 0 Å². The summed E-state index contributed by atoms with van der Waals surface area (Å²) in [6.07, 6.45) is 2.14. The first-order valence-electron chi connectivity index (χ1n) is 3.31. The Morgan fingerprint density at radius 2 is 2.33 bits per heavy atom. The second-order valence-corrected chi connectivity index (χ2v) is 3.12. The van der Waals surface area contributed by atoms with Crippen molar-refractivity contribution in [2.45, 2.75) is 0 Å². The molecule has 2 nitrogen and oxygen atoms in total. The summed E-state index contributed by atoms with van der Waals surface area (Å²) < 4.78 is 17.4. The molecule has 1 aromatic carbocycles. The number of aldehydes is 1. The highest BCUT2D eigenvalue weighted by atomic mass is 32.1. The van der Waals surface area contributed by atoms with E-state index in [4.69, 9.17) is 0 Å². The zero-order valence-corrected chi connectivity index (χ0v) is 6.77. The molecular formula is C8H4FNOS. The van der Waals surface area contributed by atoms with E-state index >= 15 is 0 Å². The lowest BCUT2D eigenvalue weighted by molar-refractivity contribution is 0.112. The molecule has 12 heavy (non-hydrogen) atoms. The third kappa shape index (κ3) is 0.921. The van der Waals surface area contributed by atoms with Gasteiger partial charge in [0.2, 0.25) is 0 Å². The average molecular weight is 181 g/mol. The minimum Gasteiger partial charge on any atom is -0.298 e. The van der Waals surface area contributed by atoms with E-state index in [2.05, 4.69) is 4.37 Å². The molecule has 2 aromatic rings. The molecule has 0 N–H and O–H groups in total. The lowest BCUT2D eigenvalue weighted by atomic mass is 10.2. The van der Waals surface area contributed by atoms with E-state index in [9.17, 15) is 9.18 Å². The lowest BCUT2D eigenvalue weighted by Gasteiger charge is -1.92. The monoisotopic (exact) mass is 181 g/mol. The van der Waals surface area contributed by atoms with Crippen LogP contribution in [-0.2, 0) is 0 Å². The van der Waals surface area contributed by atoms with Crippen LogP contribution in [0.4, 0.5) is 4.39 Å². The van der Waals surface area contributed by atoms with Crippen molar-refractivity contribution in [2.75, 3.05) is 0 Å². The average Bonchev–Trinajstić information content (AvgIpc) is 2.54. The molecule has 1 heterocycles. The van der Waals surface area contributed by atoms with E-state index in [0.29, 0.717) is 21.9 Å². The van der Waals surface area contributed by atoms with E-state index in [1.54, 1.807) is 0 Å². The van der Waals surface area contributed by atoms with Gasteiger partial charge in [0.05, 0.1) is 10.9 Å². The van der Waals surface area contributed by atoms with Crippen LogP contribution < -0.4 is 0 Å². The molecule has 0 saturated heterocycles. The third-order valence-corrected chi connectivity index (χ3v) is 2.48. The van der Waals surface area contributed by atoms with Gasteiger partial charge in [0.1, 0.15) is 5.82 Å². The summed E-state index contributed by atoms with van der Waals surface area (Å²) in [4.78, 5) is 10.5. The van der Waals surface area contributed by atoms with Crippen molar-refractivity contribution in [3.05, 3.63) is 29.7 Å². The van der Waals surface area contributed by atoms with Crippen molar-refractivity contribution in [2.24, 2.45) is 0 Å². The number of benzene rings is 1. The first-order chi connectivity index (χ1) is 5.83. The van der Waals surface area contributed by atoms with Crippen molar-refractivity contribution in [3.8, 4) is 0 Å². The maximum atomic E-state index is 13.0. The number of aromatic nitrogens is 1. The van der Waals surface area contributed by atoms with Crippen molar-refractivity contribution in [1.29, 1.82) is 0 Å². The molecule has 0 amide bonds. The molecule has 0 aliphatic rings. The van der Waals surface area contributed by atoms with Crippen molar-refractivity contribution in [1.82, 2.24) is 4.37 Å². The summed E-state index contributed by atoms with van der Waals surface area (Å²) in [5.41, 5.74) is 0.494. The Hall–Kier alpha value is -1.29. The zero-order valence-electron chi connectivity index (χ0n) is 5.95. The van der Waals surface area contributed by atoms with E-state index in [-0.39, 0.29) is 5.82 Å². The minimum absolute atomic E-state index is 0.329. The van der Waals surface area contributed by atoms with Crippen LogP contribution in [0.2, 0.25) is 0 Å². The van der Waals surface area contributed by atoms with Crippen LogP contribution in [0.5, 0.6) is 0 Å². The standard InChI is InChI=1S/C8H4FNOS/c9-7-2-1-5(4-11)8-6(7)3-10-12-8/h1-4H. The molecule has 0 radical (unpaired) electrons. The van der Waals surface area contributed by atoms with Crippen LogP contribution >= 0.6 is 11.5 Å². The largest absolute Gasteiger partial charge is 0.298 e. The first kappa shape index (κ1) is 7.36. The Balaban J connectivity index is 2.91. The van der Waals surface area contributed by atoms with Gasteiger partial charge >= 0.3 is 0 Å². The Bertz CT molecular complexity index is 438. The summed E-state index contributed by atoms with van der Waals surface area (Å²) in [6.45, 7) is 0. The molecule has 0 atom stereocenters. The SMILES string of the molecule is O=Cc1ccc(F)c2cnsc12. The number of halogens is 1. The van der Waals surface area contributed by atoms with Gasteiger partial charge in [-0.25, -0.2) is 4.39 Å². The normalized spacial score (nSPS) is 10.4. The highest BCUT2D eigenvalue weighted by molar-refractivity contribution is 7.13. The van der Waals surface area contributed by atoms with E-state index in [1.165, 1.54) is 18.3 Å². The van der Waals surface area contributed by atoms with Gasteiger partial charge in [-0.05, 0) is 23.7 Å². The summed E-state index contributed by atoms with van der Waals surface area (Å²) in [5.74, 6) is -0.329. The van der Waals surface area contributed by atoms with Gasteiger partial charge in [-0.3, -0.25) is 4.79 Å². The zero-order chi connectivity index (χ0) is 8.55. The maximum Gasteiger partial charge on any atom is 0.151 e. The molecule has 0 saturated carbocycles. The number of carbonyl (C=O) groups excluding carboxylic acids is 1. The highest BCUT2D eigenvalue weighted by Gasteiger charge is 2.06. The van der Waals surface area contributed by atoms with Crippen molar-refractivity contribution in [3.63, 3.8) is 0 Å². The number of fused-ring (bicyclic) bond motifs is 1. The van der Waals surface area contributed by atoms with Crippen LogP contribution in [-0.4, -0.2) is 10.7 Å². The fraction of sp³-hybridized carbons (Fsp3) is 0. The summed E-state index contributed by atoms with van der Waals surface area (Å²) in [6, 6.07) is 2.74. The van der Waals surface area contributed by atoms with Crippen LogP contribution in [0, 0.1) is 5.82 Å². The fourth-order valence-electron chi connectivity index (χ4n) is 1.04. The molecule has 0 bridgehead atoms. The number of carbonyl (C=O) groups is 1. The second kappa shape index (κ2) is 2.64. The summed E-state index contributed by atoms with van der Waals surface area (Å²) >= 11 is 1.13. The number of rotatable bonds is 1. The molecule has 0 unspecified atom stereocenters. The molecule has 2 rings (SSSR count). The summed E-state index contributed by atoms with van der Waals surface area (Å²) in [7, 11) is 0. The smallest absolute Gasteiger partial charge is 0.151 e. The van der Waals surface area contributed by atoms with Crippen molar-refractivity contribution < 1.29 is 9.18 Å². The van der Waals surface area contributed by atoms with E-state index < -0.39 is 0 Å². The Kier molecular flexibility index (Phi) is 1.62. The quantitative estimate of drug-likeness (QED) is 0.631.